The molecular weight excluding hydrogens is 415 g/mol. The maximum Gasteiger partial charge on any atom is 0.573 e. The van der Waals surface area contributed by atoms with Crippen molar-refractivity contribution in [3.05, 3.63) is 71.9 Å². The van der Waals surface area contributed by atoms with Gasteiger partial charge in [0.2, 0.25) is 5.91 Å². The molecule has 0 atom stereocenters. The summed E-state index contributed by atoms with van der Waals surface area (Å²) < 4.78 is 42.4. The Morgan fingerprint density at radius 2 is 1.83 bits per heavy atom. The Hall–Kier alpha value is -3.33. The number of carbonyl (C=O) groups excluding carboxylic acids is 1. The normalized spacial score (nSPS) is 11.6. The molecule has 4 aromatic rings. The molecule has 9 heteroatoms. The van der Waals surface area contributed by atoms with E-state index in [0.29, 0.717) is 12.1 Å². The van der Waals surface area contributed by atoms with Gasteiger partial charge in [0, 0.05) is 34.9 Å². The number of imidazole rings is 1. The number of nitrogens with zero attached hydrogens (tertiary/aromatic N) is 2. The number of benzene rings is 2. The van der Waals surface area contributed by atoms with Gasteiger partial charge in [-0.25, -0.2) is 4.98 Å². The highest BCUT2D eigenvalue weighted by molar-refractivity contribution is 7.15. The summed E-state index contributed by atoms with van der Waals surface area (Å²) in [7, 11) is 0. The Morgan fingerprint density at radius 1 is 1.10 bits per heavy atom. The zero-order chi connectivity index (χ0) is 21.1. The lowest BCUT2D eigenvalue weighted by Crippen LogP contribution is -2.17. The third-order valence-electron chi connectivity index (χ3n) is 4.33. The molecule has 0 saturated heterocycles. The van der Waals surface area contributed by atoms with Crippen LogP contribution in [0.1, 0.15) is 12.1 Å². The number of amides is 1. The van der Waals surface area contributed by atoms with Crippen molar-refractivity contribution in [3.8, 4) is 17.0 Å². The number of hydrogen-bond donors (Lipinski definition) is 1. The highest BCUT2D eigenvalue weighted by atomic mass is 32.1. The van der Waals surface area contributed by atoms with Gasteiger partial charge in [-0.2, -0.15) is 0 Å². The van der Waals surface area contributed by atoms with Crippen molar-refractivity contribution in [2.45, 2.75) is 19.2 Å². The number of aromatic nitrogens is 2. The second-order valence-corrected chi connectivity index (χ2v) is 7.33. The van der Waals surface area contributed by atoms with Gasteiger partial charge in [0.05, 0.1) is 5.69 Å². The molecule has 0 fully saturated rings. The van der Waals surface area contributed by atoms with E-state index in [0.717, 1.165) is 34.0 Å². The Balaban J connectivity index is 1.37. The first kappa shape index (κ1) is 20.0. The van der Waals surface area contributed by atoms with Gasteiger partial charge in [0.25, 0.3) is 0 Å². The van der Waals surface area contributed by atoms with E-state index in [9.17, 15) is 18.0 Å². The minimum atomic E-state index is -4.75. The first-order valence-electron chi connectivity index (χ1n) is 9.04. The van der Waals surface area contributed by atoms with Crippen LogP contribution in [-0.4, -0.2) is 21.7 Å². The van der Waals surface area contributed by atoms with Crippen LogP contribution in [0.25, 0.3) is 16.2 Å². The van der Waals surface area contributed by atoms with Crippen LogP contribution in [0, 0.1) is 0 Å². The van der Waals surface area contributed by atoms with Crippen LogP contribution in [-0.2, 0) is 11.2 Å². The van der Waals surface area contributed by atoms with Crippen molar-refractivity contribution in [3.63, 3.8) is 0 Å². The Bertz CT molecular complexity index is 1150. The number of carbonyl (C=O) groups is 1. The van der Waals surface area contributed by atoms with E-state index in [2.05, 4.69) is 15.0 Å². The van der Waals surface area contributed by atoms with Crippen LogP contribution in [0.4, 0.5) is 18.9 Å². The highest BCUT2D eigenvalue weighted by Crippen LogP contribution is 2.25. The molecule has 4 rings (SSSR count). The lowest BCUT2D eigenvalue weighted by molar-refractivity contribution is -0.274. The van der Waals surface area contributed by atoms with Crippen LogP contribution in [0.3, 0.4) is 0 Å². The summed E-state index contributed by atoms with van der Waals surface area (Å²) in [4.78, 5) is 17.7. The van der Waals surface area contributed by atoms with Crippen molar-refractivity contribution < 1.29 is 22.7 Å². The third-order valence-corrected chi connectivity index (χ3v) is 5.22. The number of aryl methyl sites for hydroxylation is 1. The molecule has 0 bridgehead atoms. The van der Waals surface area contributed by atoms with Gasteiger partial charge in [-0.15, -0.1) is 24.5 Å². The number of rotatable bonds is 6. The average Bonchev–Trinajstić information content (AvgIpc) is 3.29. The first-order valence-corrected chi connectivity index (χ1v) is 9.92. The second kappa shape index (κ2) is 8.19. The van der Waals surface area contributed by atoms with E-state index in [1.165, 1.54) is 23.5 Å². The van der Waals surface area contributed by atoms with E-state index in [-0.39, 0.29) is 18.1 Å². The van der Waals surface area contributed by atoms with E-state index >= 15 is 0 Å². The number of fused-ring (bicyclic) bond motifs is 1. The van der Waals surface area contributed by atoms with E-state index in [4.69, 9.17) is 0 Å². The van der Waals surface area contributed by atoms with E-state index in [1.807, 2.05) is 46.3 Å². The Kier molecular flexibility index (Phi) is 5.45. The molecule has 0 radical (unpaired) electrons. The molecule has 0 aliphatic carbocycles. The molecule has 5 nitrogen and oxygen atoms in total. The molecule has 2 heterocycles. The smallest absolute Gasteiger partial charge is 0.406 e. The number of ether oxygens (including phenoxy) is 1. The highest BCUT2D eigenvalue weighted by Gasteiger charge is 2.30. The van der Waals surface area contributed by atoms with Gasteiger partial charge in [-0.1, -0.05) is 30.3 Å². The summed E-state index contributed by atoms with van der Waals surface area (Å²) in [5, 5.41) is 4.64. The molecule has 30 heavy (non-hydrogen) atoms. The van der Waals surface area contributed by atoms with Crippen molar-refractivity contribution in [2.24, 2.45) is 0 Å². The largest absolute Gasteiger partial charge is 0.573 e. The Labute approximate surface area is 173 Å². The lowest BCUT2D eigenvalue weighted by Gasteiger charge is -2.10. The molecule has 1 N–H and O–H groups in total. The molecule has 0 aliphatic rings. The molecule has 0 spiro atoms. The van der Waals surface area contributed by atoms with Crippen molar-refractivity contribution in [2.75, 3.05) is 5.32 Å². The molecule has 154 valence electrons. The Morgan fingerprint density at radius 3 is 2.53 bits per heavy atom. The SMILES string of the molecule is O=C(CCc1csc2nc(-c3ccccc3)cn12)Nc1ccc(OC(F)(F)F)cc1. The van der Waals surface area contributed by atoms with Crippen molar-refractivity contribution in [1.82, 2.24) is 9.38 Å². The number of hydrogen-bond acceptors (Lipinski definition) is 4. The molecule has 1 amide bonds. The standard InChI is InChI=1S/C21H16F3N3O2S/c22-21(23,24)29-17-9-6-15(7-10-17)25-19(28)11-8-16-13-30-20-26-18(12-27(16)20)14-4-2-1-3-5-14/h1-7,9-10,12-13H,8,11H2,(H,25,28). The van der Waals surface area contributed by atoms with Crippen molar-refractivity contribution >= 4 is 27.9 Å². The van der Waals surface area contributed by atoms with Gasteiger partial charge in [-0.3, -0.25) is 9.20 Å². The zero-order valence-corrected chi connectivity index (χ0v) is 16.3. The topological polar surface area (TPSA) is 55.6 Å². The van der Waals surface area contributed by atoms with E-state index < -0.39 is 6.36 Å². The summed E-state index contributed by atoms with van der Waals surface area (Å²) >= 11 is 1.51. The summed E-state index contributed by atoms with van der Waals surface area (Å²) in [5.41, 5.74) is 3.26. The number of thiazole rings is 1. The summed E-state index contributed by atoms with van der Waals surface area (Å²) in [6.07, 6.45) is -2.06. The van der Waals surface area contributed by atoms with Crippen LogP contribution in [0.5, 0.6) is 5.75 Å². The zero-order valence-electron chi connectivity index (χ0n) is 15.5. The third kappa shape index (κ3) is 4.80. The van der Waals surface area contributed by atoms with Gasteiger partial charge in [0.1, 0.15) is 5.75 Å². The monoisotopic (exact) mass is 431 g/mol. The molecule has 0 saturated carbocycles. The van der Waals surface area contributed by atoms with Crippen molar-refractivity contribution in [1.29, 1.82) is 0 Å². The molecule has 0 aliphatic heterocycles. The van der Waals surface area contributed by atoms with Crippen LogP contribution in [0.2, 0.25) is 0 Å². The quantitative estimate of drug-likeness (QED) is 0.437. The number of halogens is 3. The molecule has 2 aromatic carbocycles. The van der Waals surface area contributed by atoms with Gasteiger partial charge >= 0.3 is 6.36 Å². The fraction of sp³-hybridized carbons (Fsp3) is 0.143. The second-order valence-electron chi connectivity index (χ2n) is 6.49. The fourth-order valence-electron chi connectivity index (χ4n) is 2.96. The minimum absolute atomic E-state index is 0.228. The summed E-state index contributed by atoms with van der Waals surface area (Å²) in [6.45, 7) is 0. The maximum atomic E-state index is 12.2. The van der Waals surface area contributed by atoms with Crippen LogP contribution < -0.4 is 10.1 Å². The minimum Gasteiger partial charge on any atom is -0.406 e. The fourth-order valence-corrected chi connectivity index (χ4v) is 3.87. The van der Waals surface area contributed by atoms with Gasteiger partial charge in [0.15, 0.2) is 4.96 Å². The molecular formula is C21H16F3N3O2S. The first-order chi connectivity index (χ1) is 14.4. The summed E-state index contributed by atoms with van der Waals surface area (Å²) in [5.74, 6) is -0.572. The number of nitrogens with one attached hydrogen (secondary N) is 1. The average molecular weight is 431 g/mol. The van der Waals surface area contributed by atoms with Crippen LogP contribution >= 0.6 is 11.3 Å². The van der Waals surface area contributed by atoms with Crippen LogP contribution in [0.15, 0.2) is 66.2 Å². The molecule has 2 aromatic heterocycles. The predicted molar refractivity (Wildman–Crippen MR) is 109 cm³/mol. The molecule has 0 unspecified atom stereocenters. The van der Waals surface area contributed by atoms with E-state index in [1.54, 1.807) is 0 Å². The predicted octanol–water partition coefficient (Wildman–Crippen LogP) is 5.53. The number of alkyl halides is 3. The van der Waals surface area contributed by atoms with Gasteiger partial charge < -0.3 is 10.1 Å². The lowest BCUT2D eigenvalue weighted by atomic mass is 10.2. The maximum absolute atomic E-state index is 12.2. The summed E-state index contributed by atoms with van der Waals surface area (Å²) in [6, 6.07) is 14.9. The van der Waals surface area contributed by atoms with Gasteiger partial charge in [-0.05, 0) is 30.7 Å². The number of anilines is 1.